The zero-order chi connectivity index (χ0) is 52.1. The number of carbonyl (C=O) groups excluding carboxylic acids is 2. The summed E-state index contributed by atoms with van der Waals surface area (Å²) in [7, 11) is 0. The quantitative estimate of drug-likeness (QED) is 0.0515. The van der Waals surface area contributed by atoms with E-state index < -0.39 is 22.7 Å². The number of hydrogen-bond donors (Lipinski definition) is 5. The number of aliphatic hydroxyl groups is 1. The second kappa shape index (κ2) is 23.7. The van der Waals surface area contributed by atoms with Crippen LogP contribution in [0.3, 0.4) is 0 Å². The maximum Gasteiger partial charge on any atom is 0.326 e. The van der Waals surface area contributed by atoms with Crippen LogP contribution in [0, 0.1) is 0 Å². The molecule has 0 spiro atoms. The average molecular weight is 982 g/mol. The lowest BCUT2D eigenvalue weighted by molar-refractivity contribution is -0.155. The first-order valence-corrected chi connectivity index (χ1v) is 24.2. The number of nitrogens with zero attached hydrogens (tertiary/aromatic N) is 5. The highest BCUT2D eigenvalue weighted by Crippen LogP contribution is 2.27. The molecule has 0 saturated heterocycles. The number of allylic oxidation sites excluding steroid dienone is 1. The molecule has 8 rings (SSSR count). The number of fused-ring (bicyclic) bond motifs is 1. The molecule has 1 amide bonds. The van der Waals surface area contributed by atoms with E-state index in [1.807, 2.05) is 116 Å². The van der Waals surface area contributed by atoms with Gasteiger partial charge in [-0.3, -0.25) is 33.3 Å². The Hall–Kier alpha value is -8.43. The molecule has 0 atom stereocenters. The minimum Gasteiger partial charge on any atom is -0.459 e. The lowest BCUT2D eigenvalue weighted by Crippen LogP contribution is -2.34. The van der Waals surface area contributed by atoms with Gasteiger partial charge in [0.1, 0.15) is 18.7 Å². The number of carbonyl (C=O) groups is 2. The molecule has 0 aliphatic carbocycles. The van der Waals surface area contributed by atoms with Crippen molar-refractivity contribution >= 4 is 40.0 Å². The van der Waals surface area contributed by atoms with E-state index in [2.05, 4.69) is 42.5 Å². The third-order valence-electron chi connectivity index (χ3n) is 11.7. The number of esters is 1. The number of amides is 1. The van der Waals surface area contributed by atoms with Gasteiger partial charge in [-0.2, -0.15) is 0 Å². The van der Waals surface area contributed by atoms with E-state index in [0.717, 1.165) is 57.3 Å². The zero-order valence-corrected chi connectivity index (χ0v) is 42.2. The van der Waals surface area contributed by atoms with Crippen LogP contribution in [-0.2, 0) is 52.4 Å². The number of anilines is 2. The first-order valence-electron chi connectivity index (χ1n) is 24.2. The summed E-state index contributed by atoms with van der Waals surface area (Å²) in [5.41, 5.74) is 6.63. The molecule has 0 fully saturated rings. The summed E-state index contributed by atoms with van der Waals surface area (Å²) in [6.45, 7) is 15.6. The number of aromatic nitrogens is 6. The fourth-order valence-corrected chi connectivity index (χ4v) is 7.96. The number of pyridine rings is 1. The smallest absolute Gasteiger partial charge is 0.326 e. The van der Waals surface area contributed by atoms with Crippen LogP contribution in [0.1, 0.15) is 69.5 Å². The molecule has 4 aromatic heterocycles. The van der Waals surface area contributed by atoms with Crippen molar-refractivity contribution in [3.63, 3.8) is 0 Å². The van der Waals surface area contributed by atoms with Gasteiger partial charge in [-0.15, -0.1) is 0 Å². The lowest BCUT2D eigenvalue weighted by Gasteiger charge is -2.22. The predicted molar refractivity (Wildman–Crippen MR) is 289 cm³/mol. The summed E-state index contributed by atoms with van der Waals surface area (Å²) < 4.78 is 8.31. The van der Waals surface area contributed by atoms with Crippen molar-refractivity contribution in [2.75, 3.05) is 23.7 Å². The van der Waals surface area contributed by atoms with Crippen molar-refractivity contribution in [2.24, 2.45) is 0 Å². The van der Waals surface area contributed by atoms with E-state index in [9.17, 15) is 24.3 Å². The number of nitrogens with one attached hydrogen (secondary N) is 4. The van der Waals surface area contributed by atoms with E-state index in [1.165, 1.54) is 9.13 Å². The topological polar surface area (TPSA) is 198 Å². The molecule has 0 bridgehead atoms. The third kappa shape index (κ3) is 14.6. The van der Waals surface area contributed by atoms with E-state index in [4.69, 9.17) is 4.74 Å². The summed E-state index contributed by atoms with van der Waals surface area (Å²) >= 11 is 0. The lowest BCUT2D eigenvalue weighted by atomic mass is 9.96. The summed E-state index contributed by atoms with van der Waals surface area (Å²) in [5, 5.41) is 20.6. The highest BCUT2D eigenvalue weighted by atomic mass is 16.6. The van der Waals surface area contributed by atoms with Crippen LogP contribution in [0.25, 0.3) is 39.0 Å². The van der Waals surface area contributed by atoms with E-state index >= 15 is 0 Å². The van der Waals surface area contributed by atoms with E-state index in [0.29, 0.717) is 42.1 Å². The van der Waals surface area contributed by atoms with Gasteiger partial charge < -0.3 is 30.8 Å². The minimum absolute atomic E-state index is 0.150. The number of aromatic amines is 1. The molecule has 0 aliphatic heterocycles. The molecule has 15 nitrogen and oxygen atoms in total. The zero-order valence-electron chi connectivity index (χ0n) is 42.2. The van der Waals surface area contributed by atoms with Gasteiger partial charge in [0.2, 0.25) is 5.91 Å². The van der Waals surface area contributed by atoms with Gasteiger partial charge in [0, 0.05) is 53.2 Å². The Morgan fingerprint density at radius 2 is 1.26 bits per heavy atom. The van der Waals surface area contributed by atoms with Crippen LogP contribution in [0.4, 0.5) is 11.6 Å². The second-order valence-corrected chi connectivity index (χ2v) is 19.2. The van der Waals surface area contributed by atoms with Gasteiger partial charge in [-0.05, 0) is 101 Å². The van der Waals surface area contributed by atoms with Gasteiger partial charge in [0.25, 0.3) is 11.1 Å². The molecule has 8 aromatic rings. The Labute approximate surface area is 425 Å². The molecule has 73 heavy (non-hydrogen) atoms. The first kappa shape index (κ1) is 52.4. The number of rotatable bonds is 18. The minimum atomic E-state index is -1.06. The predicted octanol–water partition coefficient (Wildman–Crippen LogP) is 8.92. The average Bonchev–Trinajstić information content (AvgIpc) is 3.79. The normalized spacial score (nSPS) is 11.3. The Morgan fingerprint density at radius 1 is 0.699 bits per heavy atom. The van der Waals surface area contributed by atoms with Gasteiger partial charge in [0.05, 0.1) is 35.9 Å². The molecule has 0 unspecified atom stereocenters. The second-order valence-electron chi connectivity index (χ2n) is 19.2. The summed E-state index contributed by atoms with van der Waals surface area (Å²) in [5.74, 6) is -0.424. The number of H-pyrrole nitrogens is 1. The van der Waals surface area contributed by atoms with Crippen LogP contribution >= 0.6 is 0 Å². The van der Waals surface area contributed by atoms with Crippen LogP contribution in [0.5, 0.6) is 0 Å². The molecule has 376 valence electrons. The number of benzene rings is 4. The monoisotopic (exact) mass is 981 g/mol. The molecule has 15 heteroatoms. The maximum atomic E-state index is 13.6. The van der Waals surface area contributed by atoms with Crippen LogP contribution in [-0.4, -0.2) is 64.7 Å². The van der Waals surface area contributed by atoms with Gasteiger partial charge >= 0.3 is 5.97 Å². The Bertz CT molecular complexity index is 3280. The first-order chi connectivity index (χ1) is 34.9. The highest BCUT2D eigenvalue weighted by molar-refractivity contribution is 5.80. The van der Waals surface area contributed by atoms with Crippen molar-refractivity contribution in [3.05, 3.63) is 201 Å². The summed E-state index contributed by atoms with van der Waals surface area (Å²) in [4.78, 5) is 68.9. The van der Waals surface area contributed by atoms with Crippen LogP contribution in [0.2, 0.25) is 0 Å². The molecule has 4 heterocycles. The van der Waals surface area contributed by atoms with Crippen molar-refractivity contribution in [1.29, 1.82) is 0 Å². The SMILES string of the molecule is C=C(C)c1cccc(-c2cnc(NCCc3ccccc3)c(=O)n2CC(=O)NCc2cc3cnccc3[nH]2)c1.CC(C)(C)OC(=O)Cn1c(-c2cccc(C(C)(C)O)c2)cnc(NCCc2ccccc2)c1=O. The summed E-state index contributed by atoms with van der Waals surface area (Å²) in [6, 6.07) is 38.8. The molecular formula is C58H63N9O6. The maximum absolute atomic E-state index is 13.6. The van der Waals surface area contributed by atoms with Crippen LogP contribution < -0.4 is 27.1 Å². The van der Waals surface area contributed by atoms with Crippen molar-refractivity contribution < 1.29 is 19.4 Å². The molecule has 0 aliphatic rings. The van der Waals surface area contributed by atoms with Crippen LogP contribution in [0.15, 0.2) is 162 Å². The van der Waals surface area contributed by atoms with Crippen molar-refractivity contribution in [3.8, 4) is 22.5 Å². The van der Waals surface area contributed by atoms with E-state index in [-0.39, 0.29) is 36.2 Å². The summed E-state index contributed by atoms with van der Waals surface area (Å²) in [6.07, 6.45) is 8.16. The molecule has 5 N–H and O–H groups in total. The largest absolute Gasteiger partial charge is 0.459 e. The molecular weight excluding hydrogens is 919 g/mol. The van der Waals surface area contributed by atoms with Gasteiger partial charge in [-0.1, -0.05) is 109 Å². The molecule has 4 aromatic carbocycles. The fourth-order valence-electron chi connectivity index (χ4n) is 7.96. The fraction of sp³-hybridized carbons (Fsp3) is 0.259. The van der Waals surface area contributed by atoms with Crippen molar-refractivity contribution in [2.45, 2.75) is 85.2 Å². The Balaban J connectivity index is 0.000000216. The van der Waals surface area contributed by atoms with Gasteiger partial charge in [0.15, 0.2) is 11.6 Å². The van der Waals surface area contributed by atoms with Gasteiger partial charge in [-0.25, -0.2) is 9.97 Å². The van der Waals surface area contributed by atoms with Crippen molar-refractivity contribution in [1.82, 2.24) is 34.4 Å². The number of ether oxygens (including phenoxy) is 1. The highest BCUT2D eigenvalue weighted by Gasteiger charge is 2.22. The Morgan fingerprint density at radius 3 is 1.81 bits per heavy atom. The number of hydrogen-bond acceptors (Lipinski definition) is 11. The third-order valence-corrected chi connectivity index (χ3v) is 11.7. The standard InChI is InChI=1S/C31H30N6O2.C27H33N3O4/c1-21(2)23-9-6-10-24(15-23)28-19-35-30(33-14-11-22-7-4-3-5-8-22)31(39)37(28)20-29(38)34-18-26-16-25-17-32-13-12-27(25)36-26;1-26(2,3)34-23(31)18-30-22(20-12-9-13-21(16-20)27(4,5)33)17-29-24(25(30)32)28-15-14-19-10-7-6-8-11-19/h3-10,12-13,15-17,19,36H,1,11,14,18,20H2,2H3,(H,33,35)(H,34,38);6-13,16-17,33H,14-15,18H2,1-5H3,(H,28,29). The Kier molecular flexibility index (Phi) is 17.0. The molecule has 0 saturated carbocycles. The molecule has 0 radical (unpaired) electrons. The van der Waals surface area contributed by atoms with E-state index in [1.54, 1.807) is 71.5 Å².